The predicted molar refractivity (Wildman–Crippen MR) is 99.1 cm³/mol. The number of benzene rings is 2. The Morgan fingerprint density at radius 2 is 1.70 bits per heavy atom. The van der Waals surface area contributed by atoms with E-state index in [1.807, 2.05) is 30.3 Å². The molecule has 1 amide bonds. The van der Waals surface area contributed by atoms with Gasteiger partial charge in [-0.25, -0.2) is 0 Å². The quantitative estimate of drug-likeness (QED) is 0.865. The van der Waals surface area contributed by atoms with Gasteiger partial charge in [-0.05, 0) is 42.7 Å². The number of nitrogens with zero attached hydrogens (tertiary/aromatic N) is 1. The van der Waals surface area contributed by atoms with Gasteiger partial charge >= 0.3 is 0 Å². The summed E-state index contributed by atoms with van der Waals surface area (Å²) in [6.45, 7) is 2.28. The summed E-state index contributed by atoms with van der Waals surface area (Å²) in [7, 11) is 0. The first-order chi connectivity index (χ1) is 11.3. The lowest BCUT2D eigenvalue weighted by atomic mass is 10.2. The van der Waals surface area contributed by atoms with Crippen LogP contribution in [0, 0.1) is 0 Å². The molecule has 1 aliphatic heterocycles. The Labute approximate surface area is 142 Å². The highest BCUT2D eigenvalue weighted by atomic mass is 32.2. The molecule has 1 fully saturated rings. The van der Waals surface area contributed by atoms with Crippen molar-refractivity contribution in [3.05, 3.63) is 60.2 Å². The molecule has 4 heteroatoms. The van der Waals surface area contributed by atoms with Crippen LogP contribution in [0.4, 0.5) is 11.4 Å². The van der Waals surface area contributed by atoms with E-state index < -0.39 is 0 Å². The van der Waals surface area contributed by atoms with Crippen LogP contribution in [0.25, 0.3) is 0 Å². The molecule has 1 aliphatic rings. The van der Waals surface area contributed by atoms with Crippen LogP contribution in [0.3, 0.4) is 0 Å². The van der Waals surface area contributed by atoms with Gasteiger partial charge in [0.1, 0.15) is 0 Å². The lowest BCUT2D eigenvalue weighted by molar-refractivity contribution is -0.113. The Morgan fingerprint density at radius 1 is 1.00 bits per heavy atom. The third-order valence-corrected chi connectivity index (χ3v) is 4.97. The van der Waals surface area contributed by atoms with E-state index in [0.717, 1.165) is 24.5 Å². The number of nitrogens with one attached hydrogen (secondary N) is 1. The van der Waals surface area contributed by atoms with Crippen molar-refractivity contribution < 1.29 is 4.79 Å². The maximum absolute atomic E-state index is 12.0. The van der Waals surface area contributed by atoms with E-state index in [9.17, 15) is 4.79 Å². The molecule has 0 aromatic heterocycles. The molecular weight excluding hydrogens is 304 g/mol. The minimum atomic E-state index is 0.0554. The molecule has 3 nitrogen and oxygen atoms in total. The van der Waals surface area contributed by atoms with Crippen molar-refractivity contribution in [2.75, 3.05) is 29.1 Å². The minimum absolute atomic E-state index is 0.0554. The maximum Gasteiger partial charge on any atom is 0.234 e. The van der Waals surface area contributed by atoms with Crippen LogP contribution in [0.2, 0.25) is 0 Å². The summed E-state index contributed by atoms with van der Waals surface area (Å²) in [6, 6.07) is 18.4. The predicted octanol–water partition coefficient (Wildman–Crippen LogP) is 4.16. The number of hydrogen-bond donors (Lipinski definition) is 1. The fraction of sp³-hybridized carbons (Fsp3) is 0.316. The third-order valence-electron chi connectivity index (χ3n) is 3.97. The Kier molecular flexibility index (Phi) is 5.59. The highest BCUT2D eigenvalue weighted by Crippen LogP contribution is 2.22. The zero-order valence-corrected chi connectivity index (χ0v) is 14.0. The van der Waals surface area contributed by atoms with Crippen LogP contribution in [-0.4, -0.2) is 24.7 Å². The number of carbonyl (C=O) groups excluding carboxylic acids is 1. The first-order valence-electron chi connectivity index (χ1n) is 8.08. The highest BCUT2D eigenvalue weighted by molar-refractivity contribution is 7.99. The molecule has 1 saturated heterocycles. The standard InChI is InChI=1S/C19H22N2OS/c22-19(15-23-14-16-6-2-1-3-7-16)20-17-8-10-18(11-9-17)21-12-4-5-13-21/h1-3,6-11H,4-5,12-15H2,(H,20,22). The second-order valence-corrected chi connectivity index (χ2v) is 6.75. The topological polar surface area (TPSA) is 32.3 Å². The zero-order valence-electron chi connectivity index (χ0n) is 13.2. The number of thioether (sulfide) groups is 1. The van der Waals surface area contributed by atoms with Gasteiger partial charge in [-0.15, -0.1) is 11.8 Å². The van der Waals surface area contributed by atoms with Gasteiger partial charge in [0.2, 0.25) is 5.91 Å². The second kappa shape index (κ2) is 8.06. The number of anilines is 2. The fourth-order valence-corrected chi connectivity index (χ4v) is 3.55. The average Bonchev–Trinajstić information content (AvgIpc) is 3.11. The second-order valence-electron chi connectivity index (χ2n) is 5.77. The summed E-state index contributed by atoms with van der Waals surface area (Å²) in [4.78, 5) is 14.4. The normalized spacial score (nSPS) is 14.0. The molecule has 23 heavy (non-hydrogen) atoms. The highest BCUT2D eigenvalue weighted by Gasteiger charge is 2.12. The van der Waals surface area contributed by atoms with Crippen LogP contribution in [0.5, 0.6) is 0 Å². The molecule has 0 radical (unpaired) electrons. The van der Waals surface area contributed by atoms with Crippen LogP contribution < -0.4 is 10.2 Å². The lowest BCUT2D eigenvalue weighted by Crippen LogP contribution is -2.18. The Balaban J connectivity index is 1.44. The molecule has 0 saturated carbocycles. The largest absolute Gasteiger partial charge is 0.372 e. The number of carbonyl (C=O) groups is 1. The Morgan fingerprint density at radius 3 is 2.39 bits per heavy atom. The van der Waals surface area contributed by atoms with Crippen molar-refractivity contribution in [3.8, 4) is 0 Å². The molecule has 0 atom stereocenters. The van der Waals surface area contributed by atoms with Gasteiger partial charge < -0.3 is 10.2 Å². The summed E-state index contributed by atoms with van der Waals surface area (Å²) in [5.74, 6) is 1.39. The van der Waals surface area contributed by atoms with Crippen molar-refractivity contribution in [2.45, 2.75) is 18.6 Å². The van der Waals surface area contributed by atoms with Gasteiger partial charge in [-0.3, -0.25) is 4.79 Å². The zero-order chi connectivity index (χ0) is 15.9. The molecule has 1 heterocycles. The molecule has 0 bridgehead atoms. The first-order valence-corrected chi connectivity index (χ1v) is 9.23. The SMILES string of the molecule is O=C(CSCc1ccccc1)Nc1ccc(N2CCCC2)cc1. The van der Waals surface area contributed by atoms with E-state index >= 15 is 0 Å². The van der Waals surface area contributed by atoms with Gasteiger partial charge in [-0.2, -0.15) is 0 Å². The summed E-state index contributed by atoms with van der Waals surface area (Å²) in [5.41, 5.74) is 3.37. The molecule has 0 spiro atoms. The Hall–Kier alpha value is -1.94. The lowest BCUT2D eigenvalue weighted by Gasteiger charge is -2.17. The van der Waals surface area contributed by atoms with Crippen molar-refractivity contribution in [1.29, 1.82) is 0 Å². The van der Waals surface area contributed by atoms with Crippen LogP contribution in [0.1, 0.15) is 18.4 Å². The molecule has 0 unspecified atom stereocenters. The summed E-state index contributed by atoms with van der Waals surface area (Å²) >= 11 is 1.64. The molecule has 2 aromatic rings. The van der Waals surface area contributed by atoms with E-state index in [2.05, 4.69) is 34.5 Å². The first kappa shape index (κ1) is 15.9. The molecule has 2 aromatic carbocycles. The van der Waals surface area contributed by atoms with Crippen molar-refractivity contribution in [1.82, 2.24) is 0 Å². The van der Waals surface area contributed by atoms with E-state index in [-0.39, 0.29) is 5.91 Å². The third kappa shape index (κ3) is 4.76. The van der Waals surface area contributed by atoms with E-state index in [1.165, 1.54) is 24.1 Å². The summed E-state index contributed by atoms with van der Waals surface area (Å²) in [6.07, 6.45) is 2.55. The van der Waals surface area contributed by atoms with Crippen molar-refractivity contribution in [2.24, 2.45) is 0 Å². The van der Waals surface area contributed by atoms with Crippen molar-refractivity contribution >= 4 is 29.0 Å². The van der Waals surface area contributed by atoms with Crippen LogP contribution in [-0.2, 0) is 10.5 Å². The monoisotopic (exact) mass is 326 g/mol. The smallest absolute Gasteiger partial charge is 0.234 e. The van der Waals surface area contributed by atoms with Gasteiger partial charge in [0.25, 0.3) is 0 Å². The van der Waals surface area contributed by atoms with Gasteiger partial charge in [-0.1, -0.05) is 30.3 Å². The van der Waals surface area contributed by atoms with Gasteiger partial charge in [0, 0.05) is 30.2 Å². The molecule has 3 rings (SSSR count). The van der Waals surface area contributed by atoms with E-state index in [0.29, 0.717) is 5.75 Å². The molecular formula is C19H22N2OS. The van der Waals surface area contributed by atoms with Crippen molar-refractivity contribution in [3.63, 3.8) is 0 Å². The van der Waals surface area contributed by atoms with Crippen LogP contribution >= 0.6 is 11.8 Å². The fourth-order valence-electron chi connectivity index (χ4n) is 2.76. The number of hydrogen-bond acceptors (Lipinski definition) is 3. The number of rotatable bonds is 6. The summed E-state index contributed by atoms with van der Waals surface area (Å²) in [5, 5.41) is 2.97. The van der Waals surface area contributed by atoms with Gasteiger partial charge in [0.15, 0.2) is 0 Å². The van der Waals surface area contributed by atoms with Crippen LogP contribution in [0.15, 0.2) is 54.6 Å². The number of amides is 1. The maximum atomic E-state index is 12.0. The minimum Gasteiger partial charge on any atom is -0.372 e. The Bertz CT molecular complexity index is 622. The molecule has 120 valence electrons. The summed E-state index contributed by atoms with van der Waals surface area (Å²) < 4.78 is 0. The van der Waals surface area contributed by atoms with Gasteiger partial charge in [0.05, 0.1) is 5.75 Å². The van der Waals surface area contributed by atoms with E-state index in [4.69, 9.17) is 0 Å². The van der Waals surface area contributed by atoms with E-state index in [1.54, 1.807) is 11.8 Å². The molecule has 1 N–H and O–H groups in total. The molecule has 0 aliphatic carbocycles. The average molecular weight is 326 g/mol.